The maximum atomic E-state index is 13.9. The number of allylic oxidation sites excluding steroid dienone is 4. The molecule has 0 radical (unpaired) electrons. The average Bonchev–Trinajstić information content (AvgIpc) is 3.13. The van der Waals surface area contributed by atoms with Gasteiger partial charge in [0.2, 0.25) is 11.6 Å². The highest BCUT2D eigenvalue weighted by atomic mass is 16.5. The SMILES string of the molecule is COc1ccc(NC=C2C(=O)C(O)=C(C(C)C)c3cc(C)c(-c4c(C)cc5c(c4O)C(=CNc4ccc(OC)cc4)C(=O)C(O)=C5C(C)C)c(O)c32)cc1. The molecular weight excluding hydrogens is 684 g/mol. The van der Waals surface area contributed by atoms with Crippen LogP contribution >= 0.6 is 0 Å². The summed E-state index contributed by atoms with van der Waals surface area (Å²) in [6.45, 7) is 11.0. The number of aromatic hydroxyl groups is 2. The van der Waals surface area contributed by atoms with E-state index >= 15 is 0 Å². The molecule has 0 spiro atoms. The number of ketones is 2. The molecule has 6 N–H and O–H groups in total. The molecule has 10 heteroatoms. The van der Waals surface area contributed by atoms with E-state index in [1.165, 1.54) is 12.4 Å². The number of aliphatic hydroxyl groups is 2. The van der Waals surface area contributed by atoms with Gasteiger partial charge in [0.25, 0.3) is 0 Å². The van der Waals surface area contributed by atoms with Gasteiger partial charge in [-0.25, -0.2) is 0 Å². The first-order chi connectivity index (χ1) is 25.7. The van der Waals surface area contributed by atoms with E-state index in [0.717, 1.165) is 0 Å². The van der Waals surface area contributed by atoms with E-state index in [-0.39, 0.29) is 56.7 Å². The molecular formula is C44H44N2O8. The number of rotatable bonds is 9. The fourth-order valence-corrected chi connectivity index (χ4v) is 7.31. The molecule has 0 amide bonds. The summed E-state index contributed by atoms with van der Waals surface area (Å²) in [5.74, 6) is -2.00. The van der Waals surface area contributed by atoms with Crippen LogP contribution in [-0.2, 0) is 9.59 Å². The second kappa shape index (κ2) is 14.5. The Morgan fingerprint density at radius 1 is 0.556 bits per heavy atom. The van der Waals surface area contributed by atoms with Crippen molar-refractivity contribution in [1.82, 2.24) is 0 Å². The molecule has 2 aliphatic rings. The lowest BCUT2D eigenvalue weighted by Gasteiger charge is -2.29. The number of carbonyl (C=O) groups is 2. The molecule has 10 nitrogen and oxygen atoms in total. The Labute approximate surface area is 314 Å². The number of ether oxygens (including phenoxy) is 2. The Kier molecular flexibility index (Phi) is 10.1. The van der Waals surface area contributed by atoms with Gasteiger partial charge in [-0.1, -0.05) is 39.8 Å². The van der Waals surface area contributed by atoms with Gasteiger partial charge in [-0.05, 0) is 96.5 Å². The summed E-state index contributed by atoms with van der Waals surface area (Å²) in [4.78, 5) is 27.8. The molecule has 4 aromatic carbocycles. The van der Waals surface area contributed by atoms with Gasteiger partial charge in [0.15, 0.2) is 11.5 Å². The quantitative estimate of drug-likeness (QED) is 0.0918. The molecule has 0 saturated carbocycles. The number of anilines is 2. The van der Waals surface area contributed by atoms with Gasteiger partial charge < -0.3 is 40.5 Å². The van der Waals surface area contributed by atoms with E-state index in [9.17, 15) is 30.0 Å². The van der Waals surface area contributed by atoms with Crippen molar-refractivity contribution in [2.24, 2.45) is 11.8 Å². The molecule has 2 aliphatic carbocycles. The van der Waals surface area contributed by atoms with Gasteiger partial charge in [-0.15, -0.1) is 0 Å². The van der Waals surface area contributed by atoms with Gasteiger partial charge >= 0.3 is 0 Å². The Bertz CT molecular complexity index is 2160. The number of aliphatic hydroxyl groups excluding tert-OH is 2. The zero-order valence-electron chi connectivity index (χ0n) is 31.5. The van der Waals surface area contributed by atoms with Crippen molar-refractivity contribution < 1.29 is 39.5 Å². The third kappa shape index (κ3) is 6.33. The Morgan fingerprint density at radius 2 is 0.889 bits per heavy atom. The number of methoxy groups -OCH3 is 2. The molecule has 0 atom stereocenters. The first kappa shape index (κ1) is 37.3. The first-order valence-corrected chi connectivity index (χ1v) is 17.6. The van der Waals surface area contributed by atoms with Gasteiger partial charge in [-0.2, -0.15) is 0 Å². The highest BCUT2D eigenvalue weighted by molar-refractivity contribution is 6.35. The van der Waals surface area contributed by atoms with Crippen LogP contribution in [0.2, 0.25) is 0 Å². The molecule has 0 fully saturated rings. The lowest BCUT2D eigenvalue weighted by Crippen LogP contribution is -2.20. The van der Waals surface area contributed by atoms with E-state index in [2.05, 4.69) is 10.6 Å². The van der Waals surface area contributed by atoms with Crippen molar-refractivity contribution >= 4 is 45.2 Å². The Balaban J connectivity index is 1.59. The van der Waals surface area contributed by atoms with Crippen LogP contribution in [0.5, 0.6) is 23.0 Å². The van der Waals surface area contributed by atoms with Crippen molar-refractivity contribution in [3.8, 4) is 34.1 Å². The maximum absolute atomic E-state index is 13.9. The van der Waals surface area contributed by atoms with E-state index in [1.54, 1.807) is 88.7 Å². The summed E-state index contributed by atoms with van der Waals surface area (Å²) in [5, 5.41) is 53.4. The number of carbonyl (C=O) groups excluding carboxylic acids is 2. The molecule has 4 aromatic rings. The molecule has 6 rings (SSSR count). The standard InChI is InChI=1S/C44H44N2O8/c1-21(2)33-29-17-23(5)35(41(49)37(29)31(39(47)43(33)51)19-45-25-9-13-27(53-7)14-10-25)36-24(6)18-30-34(22(3)4)44(52)40(48)32(38(30)42(36)50)20-46-26-11-15-28(54-8)16-12-26/h9-22,45-46,49-52H,1-8H3. The monoisotopic (exact) mass is 728 g/mol. The number of hydrogen-bond acceptors (Lipinski definition) is 10. The van der Waals surface area contributed by atoms with E-state index < -0.39 is 23.1 Å². The summed E-state index contributed by atoms with van der Waals surface area (Å²) < 4.78 is 10.5. The summed E-state index contributed by atoms with van der Waals surface area (Å²) in [6.07, 6.45) is 2.89. The minimum absolute atomic E-state index is 0.0194. The predicted molar refractivity (Wildman–Crippen MR) is 213 cm³/mol. The van der Waals surface area contributed by atoms with Gasteiger partial charge in [0.1, 0.15) is 23.0 Å². The number of Topliss-reactive ketones (excluding diaryl/α,β-unsaturated/α-hetero) is 2. The minimum Gasteiger partial charge on any atom is -0.507 e. The van der Waals surface area contributed by atoms with Crippen LogP contribution in [0.15, 0.2) is 84.6 Å². The number of benzene rings is 4. The van der Waals surface area contributed by atoms with Crippen molar-refractivity contribution in [2.75, 3.05) is 24.9 Å². The van der Waals surface area contributed by atoms with Crippen LogP contribution in [0.25, 0.3) is 33.4 Å². The first-order valence-electron chi connectivity index (χ1n) is 17.6. The van der Waals surface area contributed by atoms with Crippen LogP contribution in [-0.4, -0.2) is 46.2 Å². The highest BCUT2D eigenvalue weighted by Crippen LogP contribution is 2.53. The van der Waals surface area contributed by atoms with Crippen LogP contribution in [0.4, 0.5) is 11.4 Å². The Hall–Kier alpha value is -6.42. The average molecular weight is 729 g/mol. The van der Waals surface area contributed by atoms with Crippen molar-refractivity contribution in [3.05, 3.63) is 118 Å². The molecule has 0 heterocycles. The summed E-state index contributed by atoms with van der Waals surface area (Å²) >= 11 is 0. The molecule has 0 aliphatic heterocycles. The summed E-state index contributed by atoms with van der Waals surface area (Å²) in [7, 11) is 3.12. The van der Waals surface area contributed by atoms with Crippen molar-refractivity contribution in [2.45, 2.75) is 41.5 Å². The number of phenolic OH excluding ortho intramolecular Hbond substituents is 2. The summed E-state index contributed by atoms with van der Waals surface area (Å²) in [5.41, 5.74) is 5.02. The fraction of sp³-hybridized carbons (Fsp3) is 0.227. The third-order valence-electron chi connectivity index (χ3n) is 9.90. The zero-order valence-corrected chi connectivity index (χ0v) is 31.5. The van der Waals surface area contributed by atoms with Crippen LogP contribution in [0.3, 0.4) is 0 Å². The number of aryl methyl sites for hydroxylation is 2. The fourth-order valence-electron chi connectivity index (χ4n) is 7.31. The van der Waals surface area contributed by atoms with Gasteiger partial charge in [-0.3, -0.25) is 9.59 Å². The summed E-state index contributed by atoms with van der Waals surface area (Å²) in [6, 6.07) is 17.7. The van der Waals surface area contributed by atoms with Crippen LogP contribution in [0, 0.1) is 25.7 Å². The number of hydrogen-bond donors (Lipinski definition) is 6. The van der Waals surface area contributed by atoms with Crippen LogP contribution < -0.4 is 20.1 Å². The number of phenols is 2. The molecule has 0 bridgehead atoms. The second-order valence-electron chi connectivity index (χ2n) is 14.0. The molecule has 278 valence electrons. The number of fused-ring (bicyclic) bond motifs is 2. The van der Waals surface area contributed by atoms with E-state index in [1.807, 2.05) is 27.7 Å². The van der Waals surface area contributed by atoms with Crippen molar-refractivity contribution in [1.29, 1.82) is 0 Å². The molecule has 0 saturated heterocycles. The third-order valence-corrected chi connectivity index (χ3v) is 9.90. The Morgan fingerprint density at radius 3 is 1.19 bits per heavy atom. The second-order valence-corrected chi connectivity index (χ2v) is 14.0. The molecule has 54 heavy (non-hydrogen) atoms. The normalized spacial score (nSPS) is 15.7. The van der Waals surface area contributed by atoms with Gasteiger partial charge in [0.05, 0.1) is 25.4 Å². The molecule has 0 unspecified atom stereocenters. The predicted octanol–water partition coefficient (Wildman–Crippen LogP) is 9.32. The van der Waals surface area contributed by atoms with Crippen molar-refractivity contribution in [3.63, 3.8) is 0 Å². The minimum atomic E-state index is -0.675. The smallest absolute Gasteiger partial charge is 0.229 e. The lowest BCUT2D eigenvalue weighted by atomic mass is 9.75. The van der Waals surface area contributed by atoms with Crippen LogP contribution in [0.1, 0.15) is 61.1 Å². The molecule has 0 aromatic heterocycles. The lowest BCUT2D eigenvalue weighted by molar-refractivity contribution is -0.113. The maximum Gasteiger partial charge on any atom is 0.229 e. The highest BCUT2D eigenvalue weighted by Gasteiger charge is 2.38. The topological polar surface area (TPSA) is 158 Å². The number of nitrogens with one attached hydrogen (secondary N) is 2. The van der Waals surface area contributed by atoms with E-state index in [0.29, 0.717) is 56.3 Å². The largest absolute Gasteiger partial charge is 0.507 e. The zero-order chi connectivity index (χ0) is 39.2. The van der Waals surface area contributed by atoms with E-state index in [4.69, 9.17) is 9.47 Å². The van der Waals surface area contributed by atoms with Gasteiger partial charge in [0, 0.05) is 57.2 Å².